The molecule has 0 aliphatic heterocycles. The van der Waals surface area contributed by atoms with E-state index >= 15 is 0 Å². The largest absolute Gasteiger partial charge is 0.325 e. The minimum atomic E-state index is -0.578. The molecule has 3 rings (SSSR count). The van der Waals surface area contributed by atoms with Crippen LogP contribution in [-0.2, 0) is 14.4 Å². The maximum atomic E-state index is 12.8. The summed E-state index contributed by atoms with van der Waals surface area (Å²) in [6, 6.07) is 25.5. The molecule has 3 N–H and O–H groups in total. The number of carbonyl (C=O) groups is 3. The summed E-state index contributed by atoms with van der Waals surface area (Å²) in [6.45, 7) is 0. The molecule has 3 aromatic carbocycles. The number of anilines is 1. The van der Waals surface area contributed by atoms with Crippen LogP contribution in [0.1, 0.15) is 29.9 Å². The molecule has 0 spiro atoms. The Hall–Kier alpha value is -3.64. The van der Waals surface area contributed by atoms with E-state index in [0.29, 0.717) is 10.7 Å². The lowest BCUT2D eigenvalue weighted by atomic mass is 9.91. The maximum absolute atomic E-state index is 12.8. The number of benzene rings is 3. The average Bonchev–Trinajstić information content (AvgIpc) is 2.79. The molecule has 0 aliphatic carbocycles. The quantitative estimate of drug-likeness (QED) is 0.489. The van der Waals surface area contributed by atoms with Crippen molar-refractivity contribution in [2.24, 2.45) is 0 Å². The Balaban J connectivity index is 1.54. The van der Waals surface area contributed by atoms with E-state index in [1.54, 1.807) is 24.3 Å². The van der Waals surface area contributed by atoms with Crippen molar-refractivity contribution in [3.63, 3.8) is 0 Å². The molecule has 0 radical (unpaired) electrons. The number of halogens is 1. The average molecular weight is 436 g/mol. The number of hydrazine groups is 1. The topological polar surface area (TPSA) is 87.3 Å². The monoisotopic (exact) mass is 435 g/mol. The second-order valence-corrected chi connectivity index (χ2v) is 7.23. The molecule has 7 heteroatoms. The normalized spacial score (nSPS) is 10.4. The number of rotatable bonds is 7. The van der Waals surface area contributed by atoms with E-state index in [1.807, 2.05) is 60.7 Å². The smallest absolute Gasteiger partial charge is 0.250 e. The first-order valence-electron chi connectivity index (χ1n) is 9.77. The van der Waals surface area contributed by atoms with Gasteiger partial charge in [-0.1, -0.05) is 84.4 Å². The number of carbonyl (C=O) groups excluding carboxylic acids is 3. The van der Waals surface area contributed by atoms with Gasteiger partial charge in [0.15, 0.2) is 0 Å². The fourth-order valence-corrected chi connectivity index (χ4v) is 3.24. The van der Waals surface area contributed by atoms with Gasteiger partial charge in [0, 0.05) is 12.8 Å². The van der Waals surface area contributed by atoms with Gasteiger partial charge in [-0.05, 0) is 23.3 Å². The summed E-state index contributed by atoms with van der Waals surface area (Å²) in [7, 11) is 0. The fourth-order valence-electron chi connectivity index (χ4n) is 3.05. The molecule has 0 heterocycles. The lowest BCUT2D eigenvalue weighted by Crippen LogP contribution is -2.44. The van der Waals surface area contributed by atoms with Gasteiger partial charge in [0.05, 0.1) is 16.6 Å². The van der Waals surface area contributed by atoms with Gasteiger partial charge in [-0.3, -0.25) is 25.2 Å². The van der Waals surface area contributed by atoms with Crippen LogP contribution < -0.4 is 16.2 Å². The van der Waals surface area contributed by atoms with Crippen LogP contribution in [0.25, 0.3) is 0 Å². The van der Waals surface area contributed by atoms with E-state index in [-0.39, 0.29) is 24.7 Å². The Kier molecular flexibility index (Phi) is 7.79. The molecule has 6 nitrogen and oxygen atoms in total. The Morgan fingerprint density at radius 1 is 0.677 bits per heavy atom. The van der Waals surface area contributed by atoms with Crippen LogP contribution in [0.15, 0.2) is 84.9 Å². The summed E-state index contributed by atoms with van der Waals surface area (Å²) in [5.41, 5.74) is 6.95. The van der Waals surface area contributed by atoms with E-state index in [2.05, 4.69) is 16.2 Å². The number of amides is 3. The highest BCUT2D eigenvalue weighted by molar-refractivity contribution is 6.33. The molecule has 0 saturated carbocycles. The van der Waals surface area contributed by atoms with Gasteiger partial charge in [0.2, 0.25) is 17.7 Å². The predicted molar refractivity (Wildman–Crippen MR) is 120 cm³/mol. The van der Waals surface area contributed by atoms with E-state index < -0.39 is 11.8 Å². The minimum absolute atomic E-state index is 0.0479. The minimum Gasteiger partial charge on any atom is -0.325 e. The zero-order valence-corrected chi connectivity index (χ0v) is 17.4. The Morgan fingerprint density at radius 3 is 1.77 bits per heavy atom. The molecule has 158 valence electrons. The van der Waals surface area contributed by atoms with Crippen LogP contribution in [0.2, 0.25) is 5.02 Å². The van der Waals surface area contributed by atoms with Crippen molar-refractivity contribution in [3.05, 3.63) is 101 Å². The van der Waals surface area contributed by atoms with Crippen LogP contribution >= 0.6 is 11.6 Å². The Labute approximate surface area is 185 Å². The zero-order valence-electron chi connectivity index (χ0n) is 16.7. The molecular weight excluding hydrogens is 414 g/mol. The van der Waals surface area contributed by atoms with Crippen molar-refractivity contribution < 1.29 is 14.4 Å². The van der Waals surface area contributed by atoms with Crippen molar-refractivity contribution in [1.82, 2.24) is 10.9 Å². The van der Waals surface area contributed by atoms with Gasteiger partial charge < -0.3 is 5.32 Å². The summed E-state index contributed by atoms with van der Waals surface area (Å²) in [5, 5.41) is 3.07. The highest BCUT2D eigenvalue weighted by Crippen LogP contribution is 2.24. The maximum Gasteiger partial charge on any atom is 0.250 e. The molecule has 0 aromatic heterocycles. The fraction of sp³-hybridized carbons (Fsp3) is 0.125. The Morgan fingerprint density at radius 2 is 1.19 bits per heavy atom. The molecule has 31 heavy (non-hydrogen) atoms. The van der Waals surface area contributed by atoms with Gasteiger partial charge in [-0.2, -0.15) is 0 Å². The first kappa shape index (κ1) is 22.1. The van der Waals surface area contributed by atoms with Crippen molar-refractivity contribution in [2.45, 2.75) is 18.8 Å². The summed E-state index contributed by atoms with van der Waals surface area (Å²) in [6.07, 6.45) is -0.133. The number of hydrogen-bond donors (Lipinski definition) is 3. The van der Waals surface area contributed by atoms with Crippen molar-refractivity contribution in [1.29, 1.82) is 0 Å². The first-order chi connectivity index (χ1) is 15.0. The van der Waals surface area contributed by atoms with Crippen LogP contribution in [0.4, 0.5) is 5.69 Å². The van der Waals surface area contributed by atoms with Gasteiger partial charge >= 0.3 is 0 Å². The van der Waals surface area contributed by atoms with Crippen molar-refractivity contribution in [3.8, 4) is 0 Å². The van der Waals surface area contributed by atoms with E-state index in [9.17, 15) is 14.4 Å². The van der Waals surface area contributed by atoms with Gasteiger partial charge in [0.1, 0.15) is 0 Å². The van der Waals surface area contributed by atoms with Crippen LogP contribution in [-0.4, -0.2) is 17.7 Å². The third-order valence-electron chi connectivity index (χ3n) is 4.58. The summed E-state index contributed by atoms with van der Waals surface area (Å²) in [4.78, 5) is 37.0. The number of hydrogen-bond acceptors (Lipinski definition) is 3. The summed E-state index contributed by atoms with van der Waals surface area (Å²) >= 11 is 6.00. The molecular formula is C24H22ClN3O3. The first-order valence-corrected chi connectivity index (χ1v) is 10.2. The third-order valence-corrected chi connectivity index (χ3v) is 4.91. The van der Waals surface area contributed by atoms with Crippen LogP contribution in [0.5, 0.6) is 0 Å². The molecule has 0 aliphatic rings. The predicted octanol–water partition coefficient (Wildman–Crippen LogP) is 4.04. The summed E-state index contributed by atoms with van der Waals surface area (Å²) in [5.74, 6) is -1.76. The standard InChI is InChI=1S/C24H22ClN3O3/c25-19-13-7-8-14-20(19)26-21(29)15-16-22(30)27-28-24(31)23(17-9-3-1-4-10-17)18-11-5-2-6-12-18/h1-14,23H,15-16H2,(H,26,29)(H,27,30)(H,28,31). The van der Waals surface area contributed by atoms with Gasteiger partial charge in [0.25, 0.3) is 0 Å². The van der Waals surface area contributed by atoms with E-state index in [1.165, 1.54) is 0 Å². The molecule has 3 aromatic rings. The highest BCUT2D eigenvalue weighted by Gasteiger charge is 2.23. The van der Waals surface area contributed by atoms with Crippen LogP contribution in [0, 0.1) is 0 Å². The van der Waals surface area contributed by atoms with E-state index in [0.717, 1.165) is 11.1 Å². The van der Waals surface area contributed by atoms with Crippen LogP contribution in [0.3, 0.4) is 0 Å². The number of para-hydroxylation sites is 1. The molecule has 3 amide bonds. The summed E-state index contributed by atoms with van der Waals surface area (Å²) < 4.78 is 0. The lowest BCUT2D eigenvalue weighted by molar-refractivity contribution is -0.130. The van der Waals surface area contributed by atoms with Gasteiger partial charge in [-0.15, -0.1) is 0 Å². The molecule has 0 fully saturated rings. The second kappa shape index (κ2) is 10.9. The van der Waals surface area contributed by atoms with Crippen molar-refractivity contribution in [2.75, 3.05) is 5.32 Å². The third kappa shape index (κ3) is 6.42. The zero-order chi connectivity index (χ0) is 22.1. The molecule has 0 saturated heterocycles. The molecule has 0 bridgehead atoms. The molecule has 0 atom stereocenters. The van der Waals surface area contributed by atoms with Crippen molar-refractivity contribution >= 4 is 35.0 Å². The second-order valence-electron chi connectivity index (χ2n) is 6.82. The Bertz CT molecular complexity index is 1000. The van der Waals surface area contributed by atoms with E-state index in [4.69, 9.17) is 11.6 Å². The number of nitrogens with one attached hydrogen (secondary N) is 3. The SMILES string of the molecule is O=C(CCC(=O)Nc1ccccc1Cl)NNC(=O)C(c1ccccc1)c1ccccc1. The van der Waals surface area contributed by atoms with Gasteiger partial charge in [-0.25, -0.2) is 0 Å². The molecule has 0 unspecified atom stereocenters. The lowest BCUT2D eigenvalue weighted by Gasteiger charge is -2.18. The highest BCUT2D eigenvalue weighted by atomic mass is 35.5.